The molecule has 6 heteroatoms. The van der Waals surface area contributed by atoms with Gasteiger partial charge in [-0.3, -0.25) is 4.79 Å². The predicted octanol–water partition coefficient (Wildman–Crippen LogP) is 1.84. The van der Waals surface area contributed by atoms with E-state index in [9.17, 15) is 18.0 Å². The lowest BCUT2D eigenvalue weighted by molar-refractivity contribution is -0.203. The molecule has 17 heavy (non-hydrogen) atoms. The van der Waals surface area contributed by atoms with Gasteiger partial charge in [0.05, 0.1) is 5.60 Å². The highest BCUT2D eigenvalue weighted by atomic mass is 19.4. The lowest BCUT2D eigenvalue weighted by atomic mass is 9.84. The van der Waals surface area contributed by atoms with Gasteiger partial charge in [0, 0.05) is 12.5 Å². The molecule has 2 saturated heterocycles. The molecule has 3 rings (SSSR count). The lowest BCUT2D eigenvalue weighted by Crippen LogP contribution is -2.52. The minimum Gasteiger partial charge on any atom is -0.341 e. The molecule has 0 saturated carbocycles. The molecule has 3 nitrogen and oxygen atoms in total. The lowest BCUT2D eigenvalue weighted by Gasteiger charge is -2.34. The summed E-state index contributed by atoms with van der Waals surface area (Å²) in [7, 11) is 0. The second-order valence-corrected chi connectivity index (χ2v) is 5.14. The second-order valence-electron chi connectivity index (χ2n) is 5.14. The molecule has 2 fully saturated rings. The number of amides is 1. The van der Waals surface area contributed by atoms with Gasteiger partial charge in [0.25, 0.3) is 0 Å². The van der Waals surface area contributed by atoms with E-state index in [1.54, 1.807) is 12.2 Å². The minimum absolute atomic E-state index is 0.0104. The molecule has 0 aromatic carbocycles. The molecule has 0 radical (unpaired) electrons. The zero-order chi connectivity index (χ0) is 12.5. The van der Waals surface area contributed by atoms with Crippen LogP contribution in [0.25, 0.3) is 0 Å². The maximum atomic E-state index is 12.5. The van der Waals surface area contributed by atoms with Crippen LogP contribution < -0.4 is 0 Å². The Hall–Kier alpha value is -1.04. The number of carbonyl (C=O) groups excluding carboxylic acids is 1. The van der Waals surface area contributed by atoms with Gasteiger partial charge >= 0.3 is 12.1 Å². The van der Waals surface area contributed by atoms with E-state index in [0.29, 0.717) is 12.8 Å². The Balaban J connectivity index is 1.95. The van der Waals surface area contributed by atoms with Crippen molar-refractivity contribution in [1.82, 2.24) is 4.90 Å². The van der Waals surface area contributed by atoms with Gasteiger partial charge in [-0.05, 0) is 25.8 Å². The van der Waals surface area contributed by atoms with Crippen molar-refractivity contribution < 1.29 is 22.7 Å². The van der Waals surface area contributed by atoms with Crippen LogP contribution in [-0.4, -0.2) is 34.9 Å². The number of hydrogen-bond donors (Lipinski definition) is 0. The Bertz CT molecular complexity index is 419. The van der Waals surface area contributed by atoms with Crippen molar-refractivity contribution in [1.29, 1.82) is 0 Å². The number of fused-ring (bicyclic) bond motifs is 1. The average molecular weight is 247 g/mol. The van der Waals surface area contributed by atoms with Gasteiger partial charge in [-0.2, -0.15) is 13.2 Å². The van der Waals surface area contributed by atoms with E-state index in [2.05, 4.69) is 0 Å². The fourth-order valence-electron chi connectivity index (χ4n) is 3.25. The third-order valence-electron chi connectivity index (χ3n) is 3.92. The molecular formula is C11H12F3NO2. The number of carbonyl (C=O) groups is 1. The van der Waals surface area contributed by atoms with Crippen LogP contribution in [0.3, 0.4) is 0 Å². The van der Waals surface area contributed by atoms with Crippen LogP contribution in [0.2, 0.25) is 0 Å². The summed E-state index contributed by atoms with van der Waals surface area (Å²) >= 11 is 0. The van der Waals surface area contributed by atoms with E-state index in [4.69, 9.17) is 4.74 Å². The van der Waals surface area contributed by atoms with Crippen LogP contribution in [-0.2, 0) is 9.53 Å². The molecular weight excluding hydrogens is 235 g/mol. The number of ether oxygens (including phenoxy) is 1. The molecule has 0 aromatic rings. The Labute approximate surface area is 96.2 Å². The first-order valence-electron chi connectivity index (χ1n) is 5.56. The molecule has 0 aromatic heterocycles. The molecule has 1 amide bonds. The summed E-state index contributed by atoms with van der Waals surface area (Å²) in [4.78, 5) is 12.2. The normalized spacial score (nSPS) is 43.3. The van der Waals surface area contributed by atoms with Crippen molar-refractivity contribution in [2.24, 2.45) is 5.92 Å². The maximum Gasteiger partial charge on any atom is 0.471 e. The van der Waals surface area contributed by atoms with E-state index in [1.807, 2.05) is 6.92 Å². The maximum absolute atomic E-state index is 12.5. The Kier molecular flexibility index (Phi) is 1.86. The van der Waals surface area contributed by atoms with E-state index in [0.717, 1.165) is 4.90 Å². The van der Waals surface area contributed by atoms with Crippen LogP contribution in [0.4, 0.5) is 13.2 Å². The Morgan fingerprint density at radius 2 is 2.18 bits per heavy atom. The summed E-state index contributed by atoms with van der Waals surface area (Å²) in [5, 5.41) is 0. The molecule has 3 aliphatic rings. The highest BCUT2D eigenvalue weighted by Gasteiger charge is 2.65. The summed E-state index contributed by atoms with van der Waals surface area (Å²) in [5.74, 6) is -1.81. The van der Waals surface area contributed by atoms with Crippen LogP contribution in [0.5, 0.6) is 0 Å². The van der Waals surface area contributed by atoms with Crippen LogP contribution in [0.1, 0.15) is 19.8 Å². The zero-order valence-corrected chi connectivity index (χ0v) is 9.25. The van der Waals surface area contributed by atoms with Gasteiger partial charge in [-0.25, -0.2) is 0 Å². The number of alkyl halides is 3. The summed E-state index contributed by atoms with van der Waals surface area (Å²) in [6.07, 6.45) is -0.182. The number of rotatable bonds is 0. The van der Waals surface area contributed by atoms with Crippen LogP contribution in [0.15, 0.2) is 12.2 Å². The number of likely N-dealkylation sites (tertiary alicyclic amines) is 1. The number of halogens is 3. The zero-order valence-electron chi connectivity index (χ0n) is 9.25. The smallest absolute Gasteiger partial charge is 0.341 e. The quantitative estimate of drug-likeness (QED) is 0.611. The first-order valence-corrected chi connectivity index (χ1v) is 5.56. The van der Waals surface area contributed by atoms with Gasteiger partial charge in [0.2, 0.25) is 0 Å². The first-order chi connectivity index (χ1) is 7.77. The average Bonchev–Trinajstić information content (AvgIpc) is 2.78. The SMILES string of the molecule is C[C@]12C=C[C@]3(O1)C(CCN3C(=O)C(F)(F)F)C2. The van der Waals surface area contributed by atoms with Crippen molar-refractivity contribution in [2.45, 2.75) is 37.3 Å². The van der Waals surface area contributed by atoms with E-state index < -0.39 is 23.4 Å². The molecule has 1 unspecified atom stereocenters. The third-order valence-corrected chi connectivity index (χ3v) is 3.92. The predicted molar refractivity (Wildman–Crippen MR) is 51.9 cm³/mol. The largest absolute Gasteiger partial charge is 0.471 e. The summed E-state index contributed by atoms with van der Waals surface area (Å²) in [6, 6.07) is 0. The number of hydrogen-bond acceptors (Lipinski definition) is 2. The van der Waals surface area contributed by atoms with Gasteiger partial charge in [0.1, 0.15) is 0 Å². The van der Waals surface area contributed by atoms with Crippen molar-refractivity contribution in [3.63, 3.8) is 0 Å². The fraction of sp³-hybridized carbons (Fsp3) is 0.727. The van der Waals surface area contributed by atoms with Crippen molar-refractivity contribution in [3.05, 3.63) is 12.2 Å². The fourth-order valence-corrected chi connectivity index (χ4v) is 3.25. The molecule has 3 heterocycles. The monoisotopic (exact) mass is 247 g/mol. The second kappa shape index (κ2) is 2.85. The Morgan fingerprint density at radius 1 is 1.47 bits per heavy atom. The third kappa shape index (κ3) is 1.30. The van der Waals surface area contributed by atoms with E-state index in [-0.39, 0.29) is 12.5 Å². The van der Waals surface area contributed by atoms with Crippen molar-refractivity contribution >= 4 is 5.91 Å². The number of nitrogens with zero attached hydrogens (tertiary/aromatic N) is 1. The highest BCUT2D eigenvalue weighted by molar-refractivity contribution is 5.83. The van der Waals surface area contributed by atoms with Crippen LogP contribution in [0, 0.1) is 5.92 Å². The topological polar surface area (TPSA) is 29.5 Å². The molecule has 3 atom stereocenters. The molecule has 3 aliphatic heterocycles. The van der Waals surface area contributed by atoms with Gasteiger partial charge in [-0.15, -0.1) is 0 Å². The highest BCUT2D eigenvalue weighted by Crippen LogP contribution is 2.56. The molecule has 1 spiro atoms. The van der Waals surface area contributed by atoms with Gasteiger partial charge in [-0.1, -0.05) is 6.08 Å². The Morgan fingerprint density at radius 3 is 2.76 bits per heavy atom. The van der Waals surface area contributed by atoms with Crippen molar-refractivity contribution in [2.75, 3.05) is 6.54 Å². The molecule has 2 bridgehead atoms. The van der Waals surface area contributed by atoms with Crippen molar-refractivity contribution in [3.8, 4) is 0 Å². The molecule has 94 valence electrons. The van der Waals surface area contributed by atoms with Gasteiger partial charge in [0.15, 0.2) is 5.72 Å². The minimum atomic E-state index is -4.83. The summed E-state index contributed by atoms with van der Waals surface area (Å²) in [5.41, 5.74) is -1.64. The van der Waals surface area contributed by atoms with Gasteiger partial charge < -0.3 is 9.64 Å². The first kappa shape index (κ1) is 11.1. The van der Waals surface area contributed by atoms with Crippen LogP contribution >= 0.6 is 0 Å². The summed E-state index contributed by atoms with van der Waals surface area (Å²) < 4.78 is 43.2. The summed E-state index contributed by atoms with van der Waals surface area (Å²) in [6.45, 7) is 1.95. The molecule has 0 N–H and O–H groups in total. The molecule has 0 aliphatic carbocycles. The van der Waals surface area contributed by atoms with E-state index >= 15 is 0 Å². The standard InChI is InChI=1S/C11H12F3NO2/c1-9-3-4-10(17-9)7(6-9)2-5-15(10)8(16)11(12,13)14/h3-4,7H,2,5-6H2,1H3/t7?,9-,10+/m1/s1. The van der Waals surface area contributed by atoms with E-state index in [1.165, 1.54) is 0 Å².